The number of pyridine rings is 1. The SMILES string of the molecule is Cn1ccnc1CCOc1ccc(CN)nc1. The fraction of sp³-hybridized carbons (Fsp3) is 0.333. The number of imidazole rings is 1. The Bertz CT molecular complexity index is 464. The van der Waals surface area contributed by atoms with Gasteiger partial charge in [0.05, 0.1) is 18.5 Å². The normalized spacial score (nSPS) is 10.5. The molecular weight excluding hydrogens is 216 g/mol. The van der Waals surface area contributed by atoms with E-state index in [1.807, 2.05) is 29.9 Å². The van der Waals surface area contributed by atoms with Gasteiger partial charge in [-0.15, -0.1) is 0 Å². The average Bonchev–Trinajstić information content (AvgIpc) is 2.76. The van der Waals surface area contributed by atoms with E-state index in [1.165, 1.54) is 0 Å². The molecule has 0 aromatic carbocycles. The van der Waals surface area contributed by atoms with Crippen LogP contribution in [-0.4, -0.2) is 21.1 Å². The van der Waals surface area contributed by atoms with Crippen LogP contribution in [-0.2, 0) is 20.0 Å². The van der Waals surface area contributed by atoms with Gasteiger partial charge in [-0.3, -0.25) is 4.98 Å². The van der Waals surface area contributed by atoms with Crippen molar-refractivity contribution in [1.29, 1.82) is 0 Å². The van der Waals surface area contributed by atoms with E-state index in [0.717, 1.165) is 23.7 Å². The van der Waals surface area contributed by atoms with Crippen LogP contribution in [0.2, 0.25) is 0 Å². The molecule has 0 aliphatic carbocycles. The van der Waals surface area contributed by atoms with E-state index >= 15 is 0 Å². The largest absolute Gasteiger partial charge is 0.492 e. The molecular formula is C12H16N4O. The Morgan fingerprint density at radius 2 is 2.24 bits per heavy atom. The molecule has 2 aromatic rings. The minimum atomic E-state index is 0.452. The molecule has 90 valence electrons. The molecule has 0 aliphatic heterocycles. The molecule has 0 amide bonds. The van der Waals surface area contributed by atoms with E-state index in [0.29, 0.717) is 13.2 Å². The third-order valence-corrected chi connectivity index (χ3v) is 2.52. The highest BCUT2D eigenvalue weighted by Crippen LogP contribution is 2.09. The van der Waals surface area contributed by atoms with Gasteiger partial charge in [0.25, 0.3) is 0 Å². The van der Waals surface area contributed by atoms with Crippen LogP contribution in [0.3, 0.4) is 0 Å². The molecule has 17 heavy (non-hydrogen) atoms. The third kappa shape index (κ3) is 3.04. The van der Waals surface area contributed by atoms with Crippen LogP contribution >= 0.6 is 0 Å². The number of ether oxygens (including phenoxy) is 1. The second kappa shape index (κ2) is 5.45. The summed E-state index contributed by atoms with van der Waals surface area (Å²) in [5, 5.41) is 0. The highest BCUT2D eigenvalue weighted by molar-refractivity contribution is 5.19. The summed E-state index contributed by atoms with van der Waals surface area (Å²) < 4.78 is 7.56. The van der Waals surface area contributed by atoms with Crippen LogP contribution < -0.4 is 10.5 Å². The first-order valence-corrected chi connectivity index (χ1v) is 5.53. The molecule has 2 aromatic heterocycles. The molecule has 0 saturated carbocycles. The minimum absolute atomic E-state index is 0.452. The zero-order valence-electron chi connectivity index (χ0n) is 9.84. The Kier molecular flexibility index (Phi) is 3.72. The summed E-state index contributed by atoms with van der Waals surface area (Å²) in [4.78, 5) is 8.38. The van der Waals surface area contributed by atoms with Crippen molar-refractivity contribution >= 4 is 0 Å². The Labute approximate surface area is 100 Å². The lowest BCUT2D eigenvalue weighted by molar-refractivity contribution is 0.316. The zero-order valence-corrected chi connectivity index (χ0v) is 9.84. The Balaban J connectivity index is 1.83. The van der Waals surface area contributed by atoms with Gasteiger partial charge in [-0.05, 0) is 12.1 Å². The van der Waals surface area contributed by atoms with Crippen molar-refractivity contribution < 1.29 is 4.74 Å². The molecule has 0 fully saturated rings. The number of aromatic nitrogens is 3. The fourth-order valence-electron chi connectivity index (χ4n) is 1.51. The second-order valence-electron chi connectivity index (χ2n) is 3.74. The quantitative estimate of drug-likeness (QED) is 0.831. The fourth-order valence-corrected chi connectivity index (χ4v) is 1.51. The van der Waals surface area contributed by atoms with Crippen molar-refractivity contribution in [3.05, 3.63) is 42.2 Å². The summed E-state index contributed by atoms with van der Waals surface area (Å²) >= 11 is 0. The van der Waals surface area contributed by atoms with Gasteiger partial charge in [0, 0.05) is 32.4 Å². The molecule has 0 spiro atoms. The monoisotopic (exact) mass is 232 g/mol. The molecule has 2 rings (SSSR count). The van der Waals surface area contributed by atoms with Crippen LogP contribution in [0.15, 0.2) is 30.7 Å². The number of nitrogens with zero attached hydrogens (tertiary/aromatic N) is 3. The summed E-state index contributed by atoms with van der Waals surface area (Å²) in [6, 6.07) is 3.75. The zero-order chi connectivity index (χ0) is 12.1. The van der Waals surface area contributed by atoms with Gasteiger partial charge in [-0.1, -0.05) is 0 Å². The Morgan fingerprint density at radius 3 is 2.82 bits per heavy atom. The van der Waals surface area contributed by atoms with Crippen molar-refractivity contribution in [1.82, 2.24) is 14.5 Å². The van der Waals surface area contributed by atoms with Gasteiger partial charge in [0.1, 0.15) is 11.6 Å². The molecule has 0 saturated heterocycles. The predicted molar refractivity (Wildman–Crippen MR) is 64.5 cm³/mol. The molecule has 2 N–H and O–H groups in total. The molecule has 0 aliphatic rings. The van der Waals surface area contributed by atoms with Gasteiger partial charge in [-0.2, -0.15) is 0 Å². The summed E-state index contributed by atoms with van der Waals surface area (Å²) in [6.45, 7) is 1.04. The number of hydrogen-bond donors (Lipinski definition) is 1. The standard InChI is InChI=1S/C12H16N4O/c1-16-6-5-14-12(16)4-7-17-11-3-2-10(8-13)15-9-11/h2-3,5-6,9H,4,7-8,13H2,1H3. The first kappa shape index (κ1) is 11.6. The van der Waals surface area contributed by atoms with Crippen molar-refractivity contribution in [3.8, 4) is 5.75 Å². The molecule has 0 unspecified atom stereocenters. The Hall–Kier alpha value is -1.88. The maximum Gasteiger partial charge on any atom is 0.137 e. The van der Waals surface area contributed by atoms with Crippen molar-refractivity contribution in [2.75, 3.05) is 6.61 Å². The first-order valence-electron chi connectivity index (χ1n) is 5.53. The second-order valence-corrected chi connectivity index (χ2v) is 3.74. The Morgan fingerprint density at radius 1 is 1.35 bits per heavy atom. The third-order valence-electron chi connectivity index (χ3n) is 2.52. The van der Waals surface area contributed by atoms with Crippen molar-refractivity contribution in [2.24, 2.45) is 12.8 Å². The predicted octanol–water partition coefficient (Wildman–Crippen LogP) is 0.895. The molecule has 2 heterocycles. The summed E-state index contributed by atoms with van der Waals surface area (Å²) in [5.41, 5.74) is 6.33. The number of nitrogens with two attached hydrogens (primary N) is 1. The lowest BCUT2D eigenvalue weighted by Crippen LogP contribution is -2.06. The topological polar surface area (TPSA) is 66.0 Å². The van der Waals surface area contributed by atoms with Gasteiger partial charge in [0.2, 0.25) is 0 Å². The molecule has 5 heteroatoms. The summed E-state index contributed by atoms with van der Waals surface area (Å²) in [5.74, 6) is 1.77. The highest BCUT2D eigenvalue weighted by Gasteiger charge is 2.00. The van der Waals surface area contributed by atoms with Crippen LogP contribution in [0.4, 0.5) is 0 Å². The van der Waals surface area contributed by atoms with Gasteiger partial charge in [-0.25, -0.2) is 4.98 Å². The average molecular weight is 232 g/mol. The number of rotatable bonds is 5. The van der Waals surface area contributed by atoms with Crippen molar-refractivity contribution in [2.45, 2.75) is 13.0 Å². The van der Waals surface area contributed by atoms with E-state index in [9.17, 15) is 0 Å². The molecule has 5 nitrogen and oxygen atoms in total. The number of aryl methyl sites for hydroxylation is 1. The molecule has 0 radical (unpaired) electrons. The van der Waals surface area contributed by atoms with Crippen LogP contribution in [0.1, 0.15) is 11.5 Å². The lowest BCUT2D eigenvalue weighted by atomic mass is 10.3. The highest BCUT2D eigenvalue weighted by atomic mass is 16.5. The number of hydrogen-bond acceptors (Lipinski definition) is 4. The van der Waals surface area contributed by atoms with Gasteiger partial charge < -0.3 is 15.0 Å². The minimum Gasteiger partial charge on any atom is -0.492 e. The lowest BCUT2D eigenvalue weighted by Gasteiger charge is -2.06. The van der Waals surface area contributed by atoms with Crippen LogP contribution in [0.25, 0.3) is 0 Å². The van der Waals surface area contributed by atoms with Gasteiger partial charge >= 0.3 is 0 Å². The van der Waals surface area contributed by atoms with E-state index in [2.05, 4.69) is 9.97 Å². The summed E-state index contributed by atoms with van der Waals surface area (Å²) in [7, 11) is 1.97. The van der Waals surface area contributed by atoms with E-state index in [1.54, 1.807) is 12.4 Å². The van der Waals surface area contributed by atoms with Crippen molar-refractivity contribution in [3.63, 3.8) is 0 Å². The maximum atomic E-state index is 5.58. The molecule has 0 atom stereocenters. The first-order chi connectivity index (χ1) is 8.29. The van der Waals surface area contributed by atoms with E-state index < -0.39 is 0 Å². The van der Waals surface area contributed by atoms with Crippen LogP contribution in [0.5, 0.6) is 5.75 Å². The molecule has 0 bridgehead atoms. The van der Waals surface area contributed by atoms with E-state index in [-0.39, 0.29) is 0 Å². The van der Waals surface area contributed by atoms with Crippen LogP contribution in [0, 0.1) is 0 Å². The summed E-state index contributed by atoms with van der Waals surface area (Å²) in [6.07, 6.45) is 6.18. The maximum absolute atomic E-state index is 5.58. The van der Waals surface area contributed by atoms with E-state index in [4.69, 9.17) is 10.5 Å². The smallest absolute Gasteiger partial charge is 0.137 e. The van der Waals surface area contributed by atoms with Gasteiger partial charge in [0.15, 0.2) is 0 Å².